The van der Waals surface area contributed by atoms with Crippen LogP contribution in [0.4, 0.5) is 11.4 Å². The van der Waals surface area contributed by atoms with Crippen LogP contribution in [-0.2, 0) is 14.3 Å². The van der Waals surface area contributed by atoms with E-state index < -0.39 is 5.66 Å². The van der Waals surface area contributed by atoms with Gasteiger partial charge in [0.05, 0.1) is 23.0 Å². The molecule has 0 aromatic heterocycles. The lowest BCUT2D eigenvalue weighted by Crippen LogP contribution is -2.62. The molecular formula is C27H31N3O5. The first-order valence-electron chi connectivity index (χ1n) is 12.3. The molecule has 3 heterocycles. The maximum Gasteiger partial charge on any atom is 0.257 e. The van der Waals surface area contributed by atoms with Gasteiger partial charge in [0.25, 0.3) is 5.91 Å². The molecule has 35 heavy (non-hydrogen) atoms. The Morgan fingerprint density at radius 3 is 2.77 bits per heavy atom. The maximum atomic E-state index is 13.4. The first kappa shape index (κ1) is 23.4. The van der Waals surface area contributed by atoms with Crippen molar-refractivity contribution in [2.24, 2.45) is 0 Å². The van der Waals surface area contributed by atoms with Gasteiger partial charge in [-0.15, -0.1) is 0 Å². The average Bonchev–Trinajstić information content (AvgIpc) is 3.19. The number of fused-ring (bicyclic) bond motifs is 3. The van der Waals surface area contributed by atoms with E-state index in [4.69, 9.17) is 9.47 Å². The SMILES string of the molecule is CC12CCC(=O)N1c1ccccc1C(=O)N2CCC(=O)Nc1ccccc1OCC1CCCCO1. The third-order valence-electron chi connectivity index (χ3n) is 7.17. The second-order valence-corrected chi connectivity index (χ2v) is 9.51. The van der Waals surface area contributed by atoms with E-state index in [0.717, 1.165) is 25.9 Å². The normalized spacial score (nSPS) is 23.6. The fourth-order valence-electron chi connectivity index (χ4n) is 5.28. The molecule has 3 amide bonds. The highest BCUT2D eigenvalue weighted by molar-refractivity contribution is 6.10. The van der Waals surface area contributed by atoms with Crippen molar-refractivity contribution in [2.75, 3.05) is 30.0 Å². The van der Waals surface area contributed by atoms with Gasteiger partial charge in [-0.3, -0.25) is 19.3 Å². The molecule has 2 fully saturated rings. The van der Waals surface area contributed by atoms with Gasteiger partial charge in [-0.1, -0.05) is 24.3 Å². The van der Waals surface area contributed by atoms with Crippen LogP contribution in [0.2, 0.25) is 0 Å². The summed E-state index contributed by atoms with van der Waals surface area (Å²) in [6, 6.07) is 14.5. The molecule has 0 bridgehead atoms. The van der Waals surface area contributed by atoms with Gasteiger partial charge in [-0.05, 0) is 56.9 Å². The number of nitrogens with zero attached hydrogens (tertiary/aromatic N) is 2. The molecule has 0 spiro atoms. The number of hydrogen-bond donors (Lipinski definition) is 1. The minimum atomic E-state index is -0.774. The third-order valence-corrected chi connectivity index (χ3v) is 7.17. The number of nitrogens with one attached hydrogen (secondary N) is 1. The molecule has 0 radical (unpaired) electrons. The van der Waals surface area contributed by atoms with Crippen molar-refractivity contribution in [3.63, 3.8) is 0 Å². The van der Waals surface area contributed by atoms with Gasteiger partial charge in [0.2, 0.25) is 11.8 Å². The Hall–Kier alpha value is -3.39. The number of ether oxygens (including phenoxy) is 2. The number of amides is 3. The lowest BCUT2D eigenvalue weighted by atomic mass is 9.98. The molecule has 2 atom stereocenters. The molecule has 2 aromatic rings. The Bertz CT molecular complexity index is 1130. The van der Waals surface area contributed by atoms with Crippen molar-refractivity contribution in [2.45, 2.75) is 57.2 Å². The van der Waals surface area contributed by atoms with Crippen molar-refractivity contribution >= 4 is 29.1 Å². The minimum absolute atomic E-state index is 0.00470. The smallest absolute Gasteiger partial charge is 0.257 e. The summed E-state index contributed by atoms with van der Waals surface area (Å²) >= 11 is 0. The van der Waals surface area contributed by atoms with E-state index in [1.807, 2.05) is 37.3 Å². The molecule has 0 saturated carbocycles. The number of carbonyl (C=O) groups is 3. The Labute approximate surface area is 205 Å². The number of benzene rings is 2. The Morgan fingerprint density at radius 2 is 1.94 bits per heavy atom. The van der Waals surface area contributed by atoms with Crippen LogP contribution in [0.25, 0.3) is 0 Å². The molecule has 3 aliphatic rings. The number of anilines is 2. The van der Waals surface area contributed by atoms with Crippen LogP contribution in [0.15, 0.2) is 48.5 Å². The summed E-state index contributed by atoms with van der Waals surface area (Å²) < 4.78 is 11.7. The van der Waals surface area contributed by atoms with Gasteiger partial charge in [-0.2, -0.15) is 0 Å². The molecule has 8 nitrogen and oxygen atoms in total. The third kappa shape index (κ3) is 4.50. The van der Waals surface area contributed by atoms with E-state index in [2.05, 4.69) is 5.32 Å². The van der Waals surface area contributed by atoms with Crippen LogP contribution in [0.3, 0.4) is 0 Å². The van der Waals surface area contributed by atoms with Crippen molar-refractivity contribution in [1.29, 1.82) is 0 Å². The van der Waals surface area contributed by atoms with Crippen molar-refractivity contribution in [1.82, 2.24) is 4.90 Å². The topological polar surface area (TPSA) is 88.2 Å². The van der Waals surface area contributed by atoms with E-state index in [1.165, 1.54) is 0 Å². The van der Waals surface area contributed by atoms with Gasteiger partial charge < -0.3 is 19.7 Å². The van der Waals surface area contributed by atoms with Gasteiger partial charge in [-0.25, -0.2) is 0 Å². The van der Waals surface area contributed by atoms with Gasteiger partial charge in [0.15, 0.2) is 0 Å². The van der Waals surface area contributed by atoms with E-state index in [9.17, 15) is 14.4 Å². The zero-order chi connectivity index (χ0) is 24.4. The first-order valence-corrected chi connectivity index (χ1v) is 12.3. The van der Waals surface area contributed by atoms with Gasteiger partial charge >= 0.3 is 0 Å². The second-order valence-electron chi connectivity index (χ2n) is 9.51. The highest BCUT2D eigenvalue weighted by Gasteiger charge is 2.52. The number of para-hydroxylation sites is 3. The Kier molecular flexibility index (Phi) is 6.47. The standard InChI is InChI=1S/C27H31N3O5/c1-27-15-13-25(32)30(27)22-11-4-2-9-20(22)26(33)29(27)16-14-24(31)28-21-10-3-5-12-23(21)35-18-19-8-6-7-17-34-19/h2-5,9-12,19H,6-8,13-18H2,1H3,(H,28,31). The highest BCUT2D eigenvalue weighted by Crippen LogP contribution is 2.44. The minimum Gasteiger partial charge on any atom is -0.489 e. The number of carbonyl (C=O) groups excluding carboxylic acids is 3. The fraction of sp³-hybridized carbons (Fsp3) is 0.444. The van der Waals surface area contributed by atoms with Crippen LogP contribution < -0.4 is 15.0 Å². The zero-order valence-corrected chi connectivity index (χ0v) is 20.0. The molecular weight excluding hydrogens is 446 g/mol. The average molecular weight is 478 g/mol. The molecule has 2 aromatic carbocycles. The van der Waals surface area contributed by atoms with Crippen LogP contribution in [0.5, 0.6) is 5.75 Å². The van der Waals surface area contributed by atoms with Crippen LogP contribution in [0.1, 0.15) is 55.8 Å². The van der Waals surface area contributed by atoms with E-state index in [0.29, 0.717) is 42.1 Å². The van der Waals surface area contributed by atoms with Crippen molar-refractivity contribution in [3.05, 3.63) is 54.1 Å². The maximum absolute atomic E-state index is 13.4. The van der Waals surface area contributed by atoms with E-state index in [-0.39, 0.29) is 36.8 Å². The van der Waals surface area contributed by atoms with E-state index in [1.54, 1.807) is 28.0 Å². The monoisotopic (exact) mass is 477 g/mol. The molecule has 3 aliphatic heterocycles. The molecule has 2 saturated heterocycles. The molecule has 5 rings (SSSR count). The van der Waals surface area contributed by atoms with Crippen LogP contribution >= 0.6 is 0 Å². The quantitative estimate of drug-likeness (QED) is 0.652. The number of hydrogen-bond acceptors (Lipinski definition) is 5. The lowest BCUT2D eigenvalue weighted by molar-refractivity contribution is -0.117. The molecule has 8 heteroatoms. The summed E-state index contributed by atoms with van der Waals surface area (Å²) in [5, 5.41) is 2.93. The van der Waals surface area contributed by atoms with E-state index >= 15 is 0 Å². The van der Waals surface area contributed by atoms with Crippen LogP contribution in [-0.4, -0.2) is 54.1 Å². The summed E-state index contributed by atoms with van der Waals surface area (Å²) in [4.78, 5) is 42.4. The summed E-state index contributed by atoms with van der Waals surface area (Å²) in [6.07, 6.45) is 4.26. The molecule has 184 valence electrons. The van der Waals surface area contributed by atoms with Gasteiger partial charge in [0.1, 0.15) is 18.0 Å². The number of rotatable bonds is 7. The molecule has 2 unspecified atom stereocenters. The molecule has 1 N–H and O–H groups in total. The zero-order valence-electron chi connectivity index (χ0n) is 20.0. The largest absolute Gasteiger partial charge is 0.489 e. The summed E-state index contributed by atoms with van der Waals surface area (Å²) in [7, 11) is 0. The fourth-order valence-corrected chi connectivity index (χ4v) is 5.28. The summed E-state index contributed by atoms with van der Waals surface area (Å²) in [5.74, 6) is 0.214. The molecule has 0 aliphatic carbocycles. The van der Waals surface area contributed by atoms with Crippen molar-refractivity contribution in [3.8, 4) is 5.75 Å². The predicted octanol–water partition coefficient (Wildman–Crippen LogP) is 3.96. The van der Waals surface area contributed by atoms with Crippen molar-refractivity contribution < 1.29 is 23.9 Å². The second kappa shape index (κ2) is 9.70. The summed E-state index contributed by atoms with van der Waals surface area (Å²) in [5.41, 5.74) is 0.956. The first-order chi connectivity index (χ1) is 17.0. The van der Waals surface area contributed by atoms with Gasteiger partial charge in [0, 0.05) is 26.0 Å². The Morgan fingerprint density at radius 1 is 1.14 bits per heavy atom. The summed E-state index contributed by atoms with van der Waals surface area (Å²) in [6.45, 7) is 3.31. The lowest BCUT2D eigenvalue weighted by Gasteiger charge is -2.48. The Balaban J connectivity index is 1.25. The van der Waals surface area contributed by atoms with Crippen LogP contribution in [0, 0.1) is 0 Å². The predicted molar refractivity (Wildman–Crippen MR) is 131 cm³/mol. The highest BCUT2D eigenvalue weighted by atomic mass is 16.5.